The van der Waals surface area contributed by atoms with Crippen LogP contribution < -0.4 is 5.73 Å². The average molecular weight is 235 g/mol. The second kappa shape index (κ2) is 5.47. The van der Waals surface area contributed by atoms with Gasteiger partial charge in [-0.1, -0.05) is 6.92 Å². The summed E-state index contributed by atoms with van der Waals surface area (Å²) >= 11 is 0. The van der Waals surface area contributed by atoms with Crippen molar-refractivity contribution in [2.75, 3.05) is 18.9 Å². The van der Waals surface area contributed by atoms with Gasteiger partial charge in [-0.2, -0.15) is 0 Å². The summed E-state index contributed by atoms with van der Waals surface area (Å²) in [6.07, 6.45) is 3.19. The molecule has 2 N–H and O–H groups in total. The van der Waals surface area contributed by atoms with Crippen LogP contribution in [-0.2, 0) is 11.3 Å². The predicted molar refractivity (Wildman–Crippen MR) is 68.6 cm³/mol. The zero-order valence-corrected chi connectivity index (χ0v) is 10.6. The van der Waals surface area contributed by atoms with Gasteiger partial charge in [0, 0.05) is 25.3 Å². The van der Waals surface area contributed by atoms with E-state index in [1.165, 1.54) is 0 Å². The maximum Gasteiger partial charge on any atom is 0.0772 e. The Morgan fingerprint density at radius 2 is 2.41 bits per heavy atom. The molecule has 0 spiro atoms. The summed E-state index contributed by atoms with van der Waals surface area (Å²) in [5.74, 6) is 0. The third kappa shape index (κ3) is 2.96. The lowest BCUT2D eigenvalue weighted by molar-refractivity contribution is -0.0595. The molecule has 1 fully saturated rings. The molecule has 0 aromatic carbocycles. The lowest BCUT2D eigenvalue weighted by Crippen LogP contribution is -2.48. The molecule has 1 aliphatic heterocycles. The van der Waals surface area contributed by atoms with Gasteiger partial charge in [-0.15, -0.1) is 0 Å². The van der Waals surface area contributed by atoms with Gasteiger partial charge in [-0.05, 0) is 25.5 Å². The Bertz CT molecular complexity index is 369. The first-order valence-corrected chi connectivity index (χ1v) is 6.25. The minimum absolute atomic E-state index is 0.294. The van der Waals surface area contributed by atoms with E-state index in [1.807, 2.05) is 12.1 Å². The first-order valence-electron chi connectivity index (χ1n) is 6.25. The van der Waals surface area contributed by atoms with Crippen molar-refractivity contribution in [2.24, 2.45) is 0 Å². The smallest absolute Gasteiger partial charge is 0.0772 e. The molecule has 94 valence electrons. The molecule has 1 aliphatic rings. The number of pyridine rings is 1. The average Bonchev–Trinajstić information content (AvgIpc) is 2.32. The molecule has 0 radical (unpaired) electrons. The van der Waals surface area contributed by atoms with Crippen molar-refractivity contribution < 1.29 is 4.74 Å². The van der Waals surface area contributed by atoms with E-state index in [-0.39, 0.29) is 0 Å². The number of anilines is 1. The number of morpholine rings is 1. The third-order valence-corrected chi connectivity index (χ3v) is 3.33. The van der Waals surface area contributed by atoms with E-state index in [1.54, 1.807) is 6.20 Å². The highest BCUT2D eigenvalue weighted by molar-refractivity contribution is 5.41. The molecule has 1 saturated heterocycles. The van der Waals surface area contributed by atoms with E-state index < -0.39 is 0 Å². The van der Waals surface area contributed by atoms with Crippen LogP contribution in [0, 0.1) is 0 Å². The van der Waals surface area contributed by atoms with E-state index in [0.29, 0.717) is 12.1 Å². The van der Waals surface area contributed by atoms with Crippen LogP contribution in [0.5, 0.6) is 0 Å². The van der Waals surface area contributed by atoms with Crippen molar-refractivity contribution in [2.45, 2.75) is 39.0 Å². The monoisotopic (exact) mass is 235 g/mol. The van der Waals surface area contributed by atoms with Gasteiger partial charge in [0.15, 0.2) is 0 Å². The molecule has 4 heteroatoms. The Balaban J connectivity index is 2.07. The number of aromatic nitrogens is 1. The van der Waals surface area contributed by atoms with Crippen LogP contribution in [0.15, 0.2) is 18.3 Å². The molecule has 0 aliphatic carbocycles. The Kier molecular flexibility index (Phi) is 3.97. The Labute approximate surface area is 103 Å². The highest BCUT2D eigenvalue weighted by atomic mass is 16.5. The van der Waals surface area contributed by atoms with Crippen LogP contribution >= 0.6 is 0 Å². The minimum Gasteiger partial charge on any atom is -0.397 e. The van der Waals surface area contributed by atoms with Crippen LogP contribution in [0.4, 0.5) is 5.69 Å². The minimum atomic E-state index is 0.294. The third-order valence-electron chi connectivity index (χ3n) is 3.33. The van der Waals surface area contributed by atoms with Gasteiger partial charge in [0.2, 0.25) is 0 Å². The van der Waals surface area contributed by atoms with E-state index in [9.17, 15) is 0 Å². The summed E-state index contributed by atoms with van der Waals surface area (Å²) < 4.78 is 5.69. The van der Waals surface area contributed by atoms with Crippen molar-refractivity contribution in [3.05, 3.63) is 24.0 Å². The van der Waals surface area contributed by atoms with Gasteiger partial charge in [-0.3, -0.25) is 9.88 Å². The van der Waals surface area contributed by atoms with E-state index in [4.69, 9.17) is 10.5 Å². The summed E-state index contributed by atoms with van der Waals surface area (Å²) in [7, 11) is 0. The summed E-state index contributed by atoms with van der Waals surface area (Å²) in [6, 6.07) is 4.26. The van der Waals surface area contributed by atoms with Crippen molar-refractivity contribution in [3.8, 4) is 0 Å². The molecule has 4 nitrogen and oxygen atoms in total. The van der Waals surface area contributed by atoms with Gasteiger partial charge < -0.3 is 10.5 Å². The first kappa shape index (κ1) is 12.3. The quantitative estimate of drug-likeness (QED) is 0.865. The highest BCUT2D eigenvalue weighted by Gasteiger charge is 2.26. The maximum atomic E-state index is 5.94. The number of nitrogens with two attached hydrogens (primary N) is 1. The van der Waals surface area contributed by atoms with Crippen LogP contribution in [0.2, 0.25) is 0 Å². The van der Waals surface area contributed by atoms with Crippen molar-refractivity contribution in [3.63, 3.8) is 0 Å². The lowest BCUT2D eigenvalue weighted by atomic mass is 10.1. The number of nitrogens with zero attached hydrogens (tertiary/aromatic N) is 2. The van der Waals surface area contributed by atoms with Crippen LogP contribution in [0.3, 0.4) is 0 Å². The number of rotatable bonds is 3. The normalized spacial score (nSPS) is 26.0. The molecule has 2 heterocycles. The number of ether oxygens (including phenoxy) is 1. The highest BCUT2D eigenvalue weighted by Crippen LogP contribution is 2.19. The lowest BCUT2D eigenvalue weighted by Gasteiger charge is -2.38. The Morgan fingerprint density at radius 3 is 3.12 bits per heavy atom. The molecule has 0 saturated carbocycles. The van der Waals surface area contributed by atoms with Crippen molar-refractivity contribution >= 4 is 5.69 Å². The predicted octanol–water partition coefficient (Wildman–Crippen LogP) is 1.66. The largest absolute Gasteiger partial charge is 0.397 e. The fourth-order valence-corrected chi connectivity index (χ4v) is 2.26. The molecular weight excluding hydrogens is 214 g/mol. The fourth-order valence-electron chi connectivity index (χ4n) is 2.26. The van der Waals surface area contributed by atoms with Gasteiger partial charge in [0.1, 0.15) is 0 Å². The molecule has 2 rings (SSSR count). The van der Waals surface area contributed by atoms with Crippen LogP contribution in [0.25, 0.3) is 0 Å². The van der Waals surface area contributed by atoms with Gasteiger partial charge in [-0.25, -0.2) is 0 Å². The maximum absolute atomic E-state index is 5.94. The zero-order chi connectivity index (χ0) is 12.3. The summed E-state index contributed by atoms with van der Waals surface area (Å²) in [5.41, 5.74) is 7.69. The van der Waals surface area contributed by atoms with E-state index in [0.717, 1.165) is 37.5 Å². The second-order valence-electron chi connectivity index (χ2n) is 4.67. The van der Waals surface area contributed by atoms with Crippen molar-refractivity contribution in [1.29, 1.82) is 0 Å². The molecule has 2 unspecified atom stereocenters. The molecule has 2 atom stereocenters. The van der Waals surface area contributed by atoms with E-state index >= 15 is 0 Å². The molecule has 1 aromatic heterocycles. The number of hydrogen-bond acceptors (Lipinski definition) is 4. The molecule has 0 amide bonds. The molecule has 1 aromatic rings. The standard InChI is InChI=1S/C13H21N3O/c1-3-11-9-17-10(2)7-16(11)8-13-12(14)5-4-6-15-13/h4-6,10-11H,3,7-9,14H2,1-2H3. The van der Waals surface area contributed by atoms with Gasteiger partial charge in [0.25, 0.3) is 0 Å². The summed E-state index contributed by atoms with van der Waals surface area (Å²) in [6.45, 7) is 6.89. The number of nitrogen functional groups attached to an aromatic ring is 1. The Morgan fingerprint density at radius 1 is 1.59 bits per heavy atom. The molecule has 17 heavy (non-hydrogen) atoms. The van der Waals surface area contributed by atoms with Crippen LogP contribution in [-0.4, -0.2) is 35.2 Å². The van der Waals surface area contributed by atoms with Crippen LogP contribution in [0.1, 0.15) is 26.0 Å². The molecular formula is C13H21N3O. The SMILES string of the molecule is CCC1COC(C)CN1Cc1ncccc1N. The Hall–Kier alpha value is -1.13. The zero-order valence-electron chi connectivity index (χ0n) is 10.6. The summed E-state index contributed by atoms with van der Waals surface area (Å²) in [4.78, 5) is 6.78. The van der Waals surface area contributed by atoms with Crippen molar-refractivity contribution in [1.82, 2.24) is 9.88 Å². The second-order valence-corrected chi connectivity index (χ2v) is 4.67. The topological polar surface area (TPSA) is 51.4 Å². The number of hydrogen-bond donors (Lipinski definition) is 1. The van der Waals surface area contributed by atoms with E-state index in [2.05, 4.69) is 23.7 Å². The fraction of sp³-hybridized carbons (Fsp3) is 0.615. The van der Waals surface area contributed by atoms with Gasteiger partial charge >= 0.3 is 0 Å². The molecule has 0 bridgehead atoms. The summed E-state index contributed by atoms with van der Waals surface area (Å²) in [5, 5.41) is 0. The van der Waals surface area contributed by atoms with Gasteiger partial charge in [0.05, 0.1) is 24.1 Å². The first-order chi connectivity index (χ1) is 8.20.